The summed E-state index contributed by atoms with van der Waals surface area (Å²) in [5.74, 6) is 1.11. The number of nitrogens with zero attached hydrogens (tertiary/aromatic N) is 2. The molecule has 0 spiro atoms. The summed E-state index contributed by atoms with van der Waals surface area (Å²) in [5, 5.41) is 10.6. The van der Waals surface area contributed by atoms with Crippen molar-refractivity contribution in [1.82, 2.24) is 4.90 Å². The highest BCUT2D eigenvalue weighted by Gasteiger charge is 2.28. The third-order valence-electron chi connectivity index (χ3n) is 3.83. The van der Waals surface area contributed by atoms with Gasteiger partial charge in [0.05, 0.1) is 9.83 Å². The Morgan fingerprint density at radius 2 is 1.61 bits per heavy atom. The molecule has 0 radical (unpaired) electrons. The van der Waals surface area contributed by atoms with Crippen LogP contribution in [0.15, 0.2) is 53.4 Å². The number of thioether (sulfide) groups is 1. The molecule has 9 heteroatoms. The average molecular weight is 416 g/mol. The van der Waals surface area contributed by atoms with E-state index in [-0.39, 0.29) is 11.6 Å². The minimum atomic E-state index is -0.458. The second-order valence-electron chi connectivity index (χ2n) is 5.76. The first-order valence-corrected chi connectivity index (χ1v) is 9.48. The van der Waals surface area contributed by atoms with Crippen LogP contribution in [0.4, 0.5) is 5.69 Å². The molecule has 1 heterocycles. The van der Waals surface area contributed by atoms with Crippen LogP contribution < -0.4 is 9.47 Å². The van der Waals surface area contributed by atoms with Gasteiger partial charge in [-0.2, -0.15) is 0 Å². The molecule has 1 amide bonds. The molecule has 0 aromatic heterocycles. The number of hydrogen-bond donors (Lipinski definition) is 0. The second-order valence-corrected chi connectivity index (χ2v) is 7.43. The number of amides is 1. The van der Waals surface area contributed by atoms with Gasteiger partial charge in [-0.15, -0.1) is 0 Å². The van der Waals surface area contributed by atoms with Crippen LogP contribution in [0.5, 0.6) is 11.5 Å². The molecule has 0 atom stereocenters. The molecule has 2 aromatic carbocycles. The number of carbonyl (C=O) groups excluding carboxylic acids is 1. The molecule has 1 fully saturated rings. The van der Waals surface area contributed by atoms with Crippen LogP contribution in [0, 0.1) is 10.1 Å². The van der Waals surface area contributed by atoms with Crippen LogP contribution in [-0.2, 0) is 4.79 Å². The first-order chi connectivity index (χ1) is 13.4. The Bertz CT molecular complexity index is 926. The highest BCUT2D eigenvalue weighted by molar-refractivity contribution is 8.26. The Kier molecular flexibility index (Phi) is 6.27. The predicted octanol–water partition coefficient (Wildman–Crippen LogP) is 3.88. The predicted molar refractivity (Wildman–Crippen MR) is 111 cm³/mol. The van der Waals surface area contributed by atoms with E-state index in [0.29, 0.717) is 33.9 Å². The number of ether oxygens (including phenoxy) is 2. The number of non-ortho nitro benzene ring substituents is 1. The van der Waals surface area contributed by atoms with Gasteiger partial charge in [-0.3, -0.25) is 19.8 Å². The highest BCUT2D eigenvalue weighted by atomic mass is 32.2. The molecular formula is C19H16N2O5S2. The van der Waals surface area contributed by atoms with Crippen molar-refractivity contribution in [3.05, 3.63) is 69.1 Å². The summed E-state index contributed by atoms with van der Waals surface area (Å²) in [6.45, 7) is 0.628. The molecule has 1 aliphatic rings. The maximum absolute atomic E-state index is 12.0. The summed E-state index contributed by atoms with van der Waals surface area (Å²) in [4.78, 5) is 24.2. The van der Waals surface area contributed by atoms with E-state index in [1.807, 2.05) is 24.3 Å². The minimum absolute atomic E-state index is 0.0184. The van der Waals surface area contributed by atoms with Gasteiger partial charge in [-0.05, 0) is 35.9 Å². The lowest BCUT2D eigenvalue weighted by Gasteiger charge is -2.08. The SMILES string of the molecule is CN1C(=O)/C(=C/c2ccc(OCCOc3ccc([N+](=O)[O-])cc3)cc2)SC1=S. The summed E-state index contributed by atoms with van der Waals surface area (Å²) in [5.41, 5.74) is 0.897. The van der Waals surface area contributed by atoms with Crippen molar-refractivity contribution in [3.63, 3.8) is 0 Å². The number of nitro benzene ring substituents is 1. The third kappa shape index (κ3) is 4.87. The summed E-state index contributed by atoms with van der Waals surface area (Å²) in [7, 11) is 1.66. The number of hydrogen-bond acceptors (Lipinski definition) is 7. The van der Waals surface area contributed by atoms with Gasteiger partial charge in [-0.1, -0.05) is 36.1 Å². The summed E-state index contributed by atoms with van der Waals surface area (Å²) < 4.78 is 11.7. The Hall–Kier alpha value is -2.91. The molecule has 0 unspecified atom stereocenters. The van der Waals surface area contributed by atoms with E-state index in [1.54, 1.807) is 25.3 Å². The van der Waals surface area contributed by atoms with Crippen molar-refractivity contribution < 1.29 is 19.2 Å². The van der Waals surface area contributed by atoms with Crippen LogP contribution in [0.2, 0.25) is 0 Å². The Balaban J connectivity index is 1.48. The van der Waals surface area contributed by atoms with Crippen LogP contribution in [-0.4, -0.2) is 40.3 Å². The minimum Gasteiger partial charge on any atom is -0.490 e. The first-order valence-electron chi connectivity index (χ1n) is 8.26. The van der Waals surface area contributed by atoms with Crippen molar-refractivity contribution in [2.75, 3.05) is 20.3 Å². The fourth-order valence-electron chi connectivity index (χ4n) is 2.34. The smallest absolute Gasteiger partial charge is 0.269 e. The van der Waals surface area contributed by atoms with Crippen molar-refractivity contribution in [3.8, 4) is 11.5 Å². The largest absolute Gasteiger partial charge is 0.490 e. The van der Waals surface area contributed by atoms with Crippen LogP contribution >= 0.6 is 24.0 Å². The molecule has 0 bridgehead atoms. The molecule has 1 saturated heterocycles. The van der Waals surface area contributed by atoms with Gasteiger partial charge < -0.3 is 9.47 Å². The Morgan fingerprint density at radius 1 is 1.07 bits per heavy atom. The fourth-order valence-corrected chi connectivity index (χ4v) is 3.52. The highest BCUT2D eigenvalue weighted by Crippen LogP contribution is 2.31. The maximum atomic E-state index is 12.0. The molecule has 0 N–H and O–H groups in total. The molecule has 7 nitrogen and oxygen atoms in total. The summed E-state index contributed by atoms with van der Waals surface area (Å²) >= 11 is 6.39. The Morgan fingerprint density at radius 3 is 2.07 bits per heavy atom. The quantitative estimate of drug-likeness (QED) is 0.223. The van der Waals surface area contributed by atoms with Gasteiger partial charge in [0.2, 0.25) is 0 Å². The summed E-state index contributed by atoms with van der Waals surface area (Å²) in [6.07, 6.45) is 1.80. The maximum Gasteiger partial charge on any atom is 0.269 e. The van der Waals surface area contributed by atoms with E-state index in [9.17, 15) is 14.9 Å². The van der Waals surface area contributed by atoms with Crippen LogP contribution in [0.3, 0.4) is 0 Å². The van der Waals surface area contributed by atoms with E-state index in [2.05, 4.69) is 0 Å². The van der Waals surface area contributed by atoms with Gasteiger partial charge >= 0.3 is 0 Å². The lowest BCUT2D eigenvalue weighted by molar-refractivity contribution is -0.384. The van der Waals surface area contributed by atoms with E-state index in [0.717, 1.165) is 5.56 Å². The number of nitro groups is 1. The van der Waals surface area contributed by atoms with E-state index in [4.69, 9.17) is 21.7 Å². The van der Waals surface area contributed by atoms with E-state index >= 15 is 0 Å². The third-order valence-corrected chi connectivity index (χ3v) is 5.32. The molecule has 0 aliphatic carbocycles. The van der Waals surface area contributed by atoms with E-state index < -0.39 is 4.92 Å². The standard InChI is InChI=1S/C19H16N2O5S2/c1-20-18(22)17(28-19(20)27)12-13-2-6-15(7-3-13)25-10-11-26-16-8-4-14(5-9-16)21(23)24/h2-9,12H,10-11H2,1H3/b17-12-. The number of benzene rings is 2. The van der Waals surface area contributed by atoms with Crippen molar-refractivity contribution in [2.45, 2.75) is 0 Å². The van der Waals surface area contributed by atoms with Gasteiger partial charge in [0.15, 0.2) is 0 Å². The van der Waals surface area contributed by atoms with Gasteiger partial charge in [0.25, 0.3) is 11.6 Å². The number of likely N-dealkylation sites (N-methyl/N-ethyl adjacent to an activating group) is 1. The van der Waals surface area contributed by atoms with Gasteiger partial charge in [0, 0.05) is 19.2 Å². The lowest BCUT2D eigenvalue weighted by atomic mass is 10.2. The molecule has 28 heavy (non-hydrogen) atoms. The normalized spacial score (nSPS) is 15.2. The molecule has 144 valence electrons. The van der Waals surface area contributed by atoms with Gasteiger partial charge in [0.1, 0.15) is 29.0 Å². The fraction of sp³-hybridized carbons (Fsp3) is 0.158. The zero-order valence-electron chi connectivity index (χ0n) is 14.9. The second kappa shape index (κ2) is 8.85. The number of carbonyl (C=O) groups is 1. The van der Waals surface area contributed by atoms with Crippen molar-refractivity contribution in [1.29, 1.82) is 0 Å². The van der Waals surface area contributed by atoms with E-state index in [1.165, 1.54) is 28.8 Å². The first kappa shape index (κ1) is 19.8. The Labute approximate surface area is 171 Å². The monoisotopic (exact) mass is 416 g/mol. The molecule has 0 saturated carbocycles. The zero-order valence-corrected chi connectivity index (χ0v) is 16.5. The zero-order chi connectivity index (χ0) is 20.1. The molecule has 1 aliphatic heterocycles. The average Bonchev–Trinajstić information content (AvgIpc) is 2.93. The summed E-state index contributed by atoms with van der Waals surface area (Å²) in [6, 6.07) is 13.2. The molecule has 3 rings (SSSR count). The van der Waals surface area contributed by atoms with Crippen LogP contribution in [0.1, 0.15) is 5.56 Å². The topological polar surface area (TPSA) is 81.9 Å². The number of rotatable bonds is 7. The van der Waals surface area contributed by atoms with Crippen molar-refractivity contribution >= 4 is 46.0 Å². The van der Waals surface area contributed by atoms with Gasteiger partial charge in [-0.25, -0.2) is 0 Å². The van der Waals surface area contributed by atoms with Crippen LogP contribution in [0.25, 0.3) is 6.08 Å². The number of thiocarbonyl (C=S) groups is 1. The molecular weight excluding hydrogens is 400 g/mol. The lowest BCUT2D eigenvalue weighted by Crippen LogP contribution is -2.22. The molecule has 2 aromatic rings. The van der Waals surface area contributed by atoms with Crippen molar-refractivity contribution in [2.24, 2.45) is 0 Å².